The van der Waals surface area contributed by atoms with Gasteiger partial charge in [-0.2, -0.15) is 8.42 Å². The Morgan fingerprint density at radius 1 is 0.947 bits per heavy atom. The molecule has 0 bridgehead atoms. The summed E-state index contributed by atoms with van der Waals surface area (Å²) in [5.74, 6) is 0.353. The fourth-order valence-electron chi connectivity index (χ4n) is 1.54. The number of benzene rings is 2. The molecule has 0 atom stereocenters. The molecule has 0 unspecified atom stereocenters. The minimum absolute atomic E-state index is 0.162. The molecule has 100 valence electrons. The monoisotopic (exact) mass is 388 g/mol. The summed E-state index contributed by atoms with van der Waals surface area (Å²) in [6, 6.07) is 12.0. The number of rotatable bonds is 3. The van der Waals surface area contributed by atoms with Crippen molar-refractivity contribution in [1.29, 1.82) is 0 Å². The summed E-state index contributed by atoms with van der Waals surface area (Å²) < 4.78 is 30.2. The van der Waals surface area contributed by atoms with Crippen LogP contribution in [0.3, 0.4) is 0 Å². The van der Waals surface area contributed by atoms with E-state index < -0.39 is 10.1 Å². The van der Waals surface area contributed by atoms with Crippen LogP contribution >= 0.6 is 22.6 Å². The van der Waals surface area contributed by atoms with E-state index in [2.05, 4.69) is 22.6 Å². The van der Waals surface area contributed by atoms with Crippen molar-refractivity contribution < 1.29 is 12.6 Å². The molecule has 0 amide bonds. The minimum Gasteiger partial charge on any atom is -0.378 e. The Kier molecular flexibility index (Phi) is 4.15. The van der Waals surface area contributed by atoms with Crippen molar-refractivity contribution in [2.45, 2.75) is 18.7 Å². The van der Waals surface area contributed by atoms with Gasteiger partial charge in [-0.15, -0.1) is 0 Å². The molecule has 0 aromatic heterocycles. The van der Waals surface area contributed by atoms with E-state index >= 15 is 0 Å². The molecule has 0 fully saturated rings. The van der Waals surface area contributed by atoms with Crippen molar-refractivity contribution in [3.8, 4) is 5.75 Å². The molecule has 0 aliphatic heterocycles. The summed E-state index contributed by atoms with van der Waals surface area (Å²) in [6.45, 7) is 3.85. The van der Waals surface area contributed by atoms with Gasteiger partial charge in [-0.1, -0.05) is 23.8 Å². The maximum atomic E-state index is 12.1. The third-order valence-corrected chi connectivity index (χ3v) is 4.69. The zero-order valence-electron chi connectivity index (χ0n) is 10.6. The smallest absolute Gasteiger partial charge is 0.339 e. The van der Waals surface area contributed by atoms with Crippen LogP contribution < -0.4 is 4.18 Å². The molecule has 2 aromatic carbocycles. The zero-order chi connectivity index (χ0) is 14.0. The number of hydrogen-bond acceptors (Lipinski definition) is 3. The lowest BCUT2D eigenvalue weighted by Gasteiger charge is -2.09. The molecule has 0 aliphatic carbocycles. The standard InChI is InChI=1S/C14H13IO3S/c1-10-3-6-12(7-4-10)19(16,17)18-14-8-5-11(2)9-13(14)15/h3-9H,1-2H3. The first kappa shape index (κ1) is 14.3. The second-order valence-corrected chi connectivity index (χ2v) is 6.99. The molecular weight excluding hydrogens is 375 g/mol. The number of hydrogen-bond donors (Lipinski definition) is 0. The van der Waals surface area contributed by atoms with Crippen molar-refractivity contribution in [2.75, 3.05) is 0 Å². The van der Waals surface area contributed by atoms with Gasteiger partial charge in [0.2, 0.25) is 0 Å². The third-order valence-electron chi connectivity index (χ3n) is 2.60. The minimum atomic E-state index is -3.77. The summed E-state index contributed by atoms with van der Waals surface area (Å²) >= 11 is 2.06. The Labute approximate surface area is 126 Å². The molecule has 19 heavy (non-hydrogen) atoms. The second-order valence-electron chi connectivity index (χ2n) is 4.28. The maximum absolute atomic E-state index is 12.1. The van der Waals surface area contributed by atoms with E-state index in [1.165, 1.54) is 0 Å². The highest BCUT2D eigenvalue weighted by atomic mass is 127. The van der Waals surface area contributed by atoms with E-state index in [4.69, 9.17) is 4.18 Å². The average molecular weight is 388 g/mol. The van der Waals surface area contributed by atoms with Gasteiger partial charge in [0.25, 0.3) is 0 Å². The Morgan fingerprint density at radius 3 is 2.11 bits per heavy atom. The first-order valence-electron chi connectivity index (χ1n) is 5.66. The van der Waals surface area contributed by atoms with Crippen LogP contribution in [-0.2, 0) is 10.1 Å². The van der Waals surface area contributed by atoms with Crippen molar-refractivity contribution in [3.05, 3.63) is 57.2 Å². The number of aryl methyl sites for hydroxylation is 2. The van der Waals surface area contributed by atoms with Crippen LogP contribution in [0.1, 0.15) is 11.1 Å². The average Bonchev–Trinajstić information content (AvgIpc) is 2.33. The van der Waals surface area contributed by atoms with Gasteiger partial charge >= 0.3 is 10.1 Å². The predicted molar refractivity (Wildman–Crippen MR) is 82.9 cm³/mol. The van der Waals surface area contributed by atoms with E-state index in [1.54, 1.807) is 30.3 Å². The molecule has 0 saturated heterocycles. The Balaban J connectivity index is 2.33. The van der Waals surface area contributed by atoms with Crippen molar-refractivity contribution >= 4 is 32.7 Å². The number of halogens is 1. The summed E-state index contributed by atoms with van der Waals surface area (Å²) in [7, 11) is -3.77. The van der Waals surface area contributed by atoms with E-state index in [-0.39, 0.29) is 4.90 Å². The normalized spacial score (nSPS) is 11.3. The Hall–Kier alpha value is -1.08. The Morgan fingerprint density at radius 2 is 1.53 bits per heavy atom. The van der Waals surface area contributed by atoms with Crippen LogP contribution in [0.25, 0.3) is 0 Å². The topological polar surface area (TPSA) is 43.4 Å². The zero-order valence-corrected chi connectivity index (χ0v) is 13.5. The van der Waals surface area contributed by atoms with E-state index in [0.717, 1.165) is 14.7 Å². The highest BCUT2D eigenvalue weighted by Crippen LogP contribution is 2.25. The summed E-state index contributed by atoms with van der Waals surface area (Å²) in [6.07, 6.45) is 0. The van der Waals surface area contributed by atoms with Crippen LogP contribution in [-0.4, -0.2) is 8.42 Å². The van der Waals surface area contributed by atoms with Crippen LogP contribution in [0, 0.1) is 17.4 Å². The van der Waals surface area contributed by atoms with Gasteiger partial charge in [0.15, 0.2) is 5.75 Å². The molecule has 2 rings (SSSR count). The lowest BCUT2D eigenvalue weighted by atomic mass is 10.2. The molecule has 5 heteroatoms. The fraction of sp³-hybridized carbons (Fsp3) is 0.143. The summed E-state index contributed by atoms with van der Waals surface area (Å²) in [5.41, 5.74) is 2.06. The van der Waals surface area contributed by atoms with Crippen molar-refractivity contribution in [3.63, 3.8) is 0 Å². The molecule has 3 nitrogen and oxygen atoms in total. The first-order valence-corrected chi connectivity index (χ1v) is 8.14. The SMILES string of the molecule is Cc1ccc(S(=O)(=O)Oc2ccc(C)cc2I)cc1. The third kappa shape index (κ3) is 3.48. The highest BCUT2D eigenvalue weighted by Gasteiger charge is 2.17. The highest BCUT2D eigenvalue weighted by molar-refractivity contribution is 14.1. The van der Waals surface area contributed by atoms with Crippen LogP contribution in [0.4, 0.5) is 0 Å². The fourth-order valence-corrected chi connectivity index (χ4v) is 3.42. The first-order chi connectivity index (χ1) is 8.88. The lowest BCUT2D eigenvalue weighted by molar-refractivity contribution is 0.484. The van der Waals surface area contributed by atoms with Crippen LogP contribution in [0.5, 0.6) is 5.75 Å². The molecule has 0 saturated carbocycles. The van der Waals surface area contributed by atoms with Gasteiger partial charge in [0.05, 0.1) is 3.57 Å². The summed E-state index contributed by atoms with van der Waals surface area (Å²) in [4.78, 5) is 0.162. The molecule has 0 N–H and O–H groups in total. The second kappa shape index (κ2) is 5.50. The van der Waals surface area contributed by atoms with Crippen LogP contribution in [0.2, 0.25) is 0 Å². The van der Waals surface area contributed by atoms with Gasteiger partial charge in [-0.3, -0.25) is 0 Å². The van der Waals surface area contributed by atoms with Gasteiger partial charge < -0.3 is 4.18 Å². The molecule has 0 heterocycles. The molecular formula is C14H13IO3S. The molecule has 2 aromatic rings. The summed E-state index contributed by atoms with van der Waals surface area (Å²) in [5, 5.41) is 0. The van der Waals surface area contributed by atoms with E-state index in [9.17, 15) is 8.42 Å². The quantitative estimate of drug-likeness (QED) is 0.595. The Bertz CT molecular complexity index is 691. The van der Waals surface area contributed by atoms with Crippen LogP contribution in [0.15, 0.2) is 47.4 Å². The predicted octanol–water partition coefficient (Wildman–Crippen LogP) is 3.68. The van der Waals surface area contributed by atoms with E-state index in [0.29, 0.717) is 5.75 Å². The molecule has 0 radical (unpaired) electrons. The van der Waals surface area contributed by atoms with Crippen molar-refractivity contribution in [2.24, 2.45) is 0 Å². The van der Waals surface area contributed by atoms with Gasteiger partial charge in [-0.25, -0.2) is 0 Å². The molecule has 0 aliphatic rings. The van der Waals surface area contributed by atoms with Gasteiger partial charge in [0.1, 0.15) is 4.90 Å². The van der Waals surface area contributed by atoms with Crippen molar-refractivity contribution in [1.82, 2.24) is 0 Å². The van der Waals surface area contributed by atoms with Gasteiger partial charge in [0, 0.05) is 0 Å². The largest absolute Gasteiger partial charge is 0.378 e. The van der Waals surface area contributed by atoms with Gasteiger partial charge in [-0.05, 0) is 66.3 Å². The molecule has 0 spiro atoms. The maximum Gasteiger partial charge on any atom is 0.339 e. The van der Waals surface area contributed by atoms with E-state index in [1.807, 2.05) is 26.0 Å². The lowest BCUT2D eigenvalue weighted by Crippen LogP contribution is -2.10.